The number of thioether (sulfide) groups is 2. The van der Waals surface area contributed by atoms with Crippen LogP contribution in [0.1, 0.15) is 79.1 Å². The van der Waals surface area contributed by atoms with Crippen molar-refractivity contribution in [3.8, 4) is 15.5 Å². The van der Waals surface area contributed by atoms with E-state index in [9.17, 15) is 36.7 Å². The molecule has 0 bridgehead atoms. The number of allylic oxidation sites excluding steroid dienone is 2. The number of carbonyl (C=O) groups excluding carboxylic acids is 4. The number of carbonyl (C=O) groups is 4. The highest BCUT2D eigenvalue weighted by Crippen LogP contribution is 2.67. The molecule has 12 rings (SSSR count). The second-order valence-corrected chi connectivity index (χ2v) is 19.8. The van der Waals surface area contributed by atoms with Crippen LogP contribution < -0.4 is 15.4 Å². The summed E-state index contributed by atoms with van der Waals surface area (Å²) in [6.45, 7) is 0. The molecule has 2 unspecified atom stereocenters. The van der Waals surface area contributed by atoms with Crippen LogP contribution in [0.5, 0.6) is 5.75 Å². The predicted octanol–water partition coefficient (Wildman–Crippen LogP) is 11.6. The number of hydrogen-bond donors (Lipinski definition) is 2. The molecule has 0 saturated heterocycles. The van der Waals surface area contributed by atoms with Gasteiger partial charge in [0.25, 0.3) is 0 Å². The van der Waals surface area contributed by atoms with Gasteiger partial charge in [-0.2, -0.15) is 0 Å². The van der Waals surface area contributed by atoms with Gasteiger partial charge < -0.3 is 15.4 Å². The molecule has 3 aliphatic heterocycles. The minimum absolute atomic E-state index is 0.00335. The van der Waals surface area contributed by atoms with Crippen LogP contribution >= 0.6 is 46.2 Å². The summed E-state index contributed by atoms with van der Waals surface area (Å²) in [5.41, 5.74) is 1.19. The first-order valence-corrected chi connectivity index (χ1v) is 22.2. The average Bonchev–Trinajstić information content (AvgIpc) is 4.04. The van der Waals surface area contributed by atoms with E-state index >= 15 is 0 Å². The second kappa shape index (κ2) is 12.4. The number of thiophene rings is 2. The van der Waals surface area contributed by atoms with Gasteiger partial charge in [-0.1, -0.05) is 29.9 Å². The van der Waals surface area contributed by atoms with Crippen LogP contribution in [0.2, 0.25) is 0 Å². The Labute approximate surface area is 347 Å². The number of benzene rings is 4. The van der Waals surface area contributed by atoms with Crippen LogP contribution in [-0.4, -0.2) is 33.9 Å². The van der Waals surface area contributed by atoms with Gasteiger partial charge in [-0.25, -0.2) is 17.6 Å². The Hall–Kier alpha value is -5.22. The van der Waals surface area contributed by atoms with E-state index in [0.29, 0.717) is 21.5 Å². The maximum atomic E-state index is 14.0. The minimum atomic E-state index is -1.03. The third-order valence-corrected chi connectivity index (χ3v) is 16.9. The maximum absolute atomic E-state index is 14.0. The highest BCUT2D eigenvalue weighted by atomic mass is 32.2. The van der Waals surface area contributed by atoms with Gasteiger partial charge in [0.15, 0.2) is 52.2 Å². The molecule has 2 atom stereocenters. The van der Waals surface area contributed by atoms with E-state index in [1.54, 1.807) is 34.8 Å². The average molecular weight is 865 g/mol. The van der Waals surface area contributed by atoms with E-state index in [1.165, 1.54) is 47.8 Å². The summed E-state index contributed by atoms with van der Waals surface area (Å²) in [4.78, 5) is 58.2. The topological polar surface area (TPSA) is 102 Å². The molecule has 0 radical (unpaired) electrons. The van der Waals surface area contributed by atoms with E-state index in [-0.39, 0.29) is 33.4 Å². The van der Waals surface area contributed by atoms with Crippen LogP contribution in [0.25, 0.3) is 31.3 Å². The van der Waals surface area contributed by atoms with Crippen molar-refractivity contribution in [3.63, 3.8) is 0 Å². The molecule has 292 valence electrons. The Morgan fingerprint density at radius 2 is 0.966 bits per heavy atom. The lowest BCUT2D eigenvalue weighted by Gasteiger charge is -2.41. The highest BCUT2D eigenvalue weighted by molar-refractivity contribution is 8.01. The Balaban J connectivity index is 0.846. The number of halogens is 4. The zero-order valence-corrected chi connectivity index (χ0v) is 33.4. The lowest BCUT2D eigenvalue weighted by Crippen LogP contribution is -2.37. The summed E-state index contributed by atoms with van der Waals surface area (Å²) in [6, 6.07) is 9.89. The summed E-state index contributed by atoms with van der Waals surface area (Å²) in [6.07, 6.45) is 7.90. The monoisotopic (exact) mass is 864 g/mol. The molecule has 6 aliphatic rings. The third kappa shape index (κ3) is 5.07. The van der Waals surface area contributed by atoms with Gasteiger partial charge in [0.2, 0.25) is 0 Å². The summed E-state index contributed by atoms with van der Waals surface area (Å²) in [5, 5.41) is 9.28. The van der Waals surface area contributed by atoms with Gasteiger partial charge in [-0.15, -0.1) is 22.7 Å². The van der Waals surface area contributed by atoms with Gasteiger partial charge in [0.1, 0.15) is 15.6 Å². The molecule has 7 nitrogen and oxygen atoms in total. The fourth-order valence-corrected chi connectivity index (χ4v) is 14.7. The number of nitrogens with one attached hydrogen (secondary N) is 2. The zero-order valence-electron chi connectivity index (χ0n) is 30.1. The van der Waals surface area contributed by atoms with Gasteiger partial charge in [-0.3, -0.25) is 19.2 Å². The Kier molecular flexibility index (Phi) is 7.51. The Bertz CT molecular complexity index is 3000. The van der Waals surface area contributed by atoms with Gasteiger partial charge in [0.05, 0.1) is 41.4 Å². The molecule has 2 N–H and O–H groups in total. The number of anilines is 2. The molecule has 5 heterocycles. The number of hydrogen-bond acceptors (Lipinski definition) is 11. The van der Waals surface area contributed by atoms with E-state index in [2.05, 4.69) is 10.6 Å². The van der Waals surface area contributed by atoms with E-state index < -0.39 is 62.8 Å². The van der Waals surface area contributed by atoms with E-state index in [4.69, 9.17) is 4.74 Å². The van der Waals surface area contributed by atoms with Crippen molar-refractivity contribution >= 4 is 101 Å². The van der Waals surface area contributed by atoms with Crippen LogP contribution in [0.15, 0.2) is 81.6 Å². The van der Waals surface area contributed by atoms with Crippen molar-refractivity contribution < 1.29 is 41.5 Å². The standard InChI is InChI=1S/C44H24F4N2O5S4/c45-26-10-16-6-20-21(7-17(16)11-27(26)46)34(52)24(33(20)51)14-30-49-42-39(56-30)32-38(58-42)40-37(55-44(32)4-2-1-3-5-44)41-43(59-40)50-31(57-41)15-25-35(53)22-8-18-12-28(47)29(48)13-19(18)9-23(22)36(25)54/h6-15,30-31,49-50H,1-5H2. The number of fused-ring (bicyclic) bond motifs is 12. The number of ketones is 4. The molecule has 4 aromatic carbocycles. The third-order valence-electron chi connectivity index (χ3n) is 12.0. The molecule has 6 aromatic rings. The summed E-state index contributed by atoms with van der Waals surface area (Å²) in [5.74, 6) is -5.16. The lowest BCUT2D eigenvalue weighted by atomic mass is 9.78. The summed E-state index contributed by atoms with van der Waals surface area (Å²) < 4.78 is 63.1. The highest BCUT2D eigenvalue weighted by Gasteiger charge is 2.50. The lowest BCUT2D eigenvalue weighted by molar-refractivity contribution is 0.0203. The molecule has 1 fully saturated rings. The largest absolute Gasteiger partial charge is 0.480 e. The van der Waals surface area contributed by atoms with E-state index in [1.807, 2.05) is 0 Å². The fraction of sp³-hybridized carbons (Fsp3) is 0.182. The smallest absolute Gasteiger partial charge is 0.197 e. The van der Waals surface area contributed by atoms with E-state index in [0.717, 1.165) is 97.2 Å². The van der Waals surface area contributed by atoms with Gasteiger partial charge in [-0.05, 0) is 108 Å². The minimum Gasteiger partial charge on any atom is -0.480 e. The van der Waals surface area contributed by atoms with Crippen molar-refractivity contribution in [3.05, 3.63) is 123 Å². The first-order valence-electron chi connectivity index (χ1n) is 18.8. The number of rotatable bonds is 2. The molecule has 0 amide bonds. The zero-order chi connectivity index (χ0) is 40.2. The predicted molar refractivity (Wildman–Crippen MR) is 221 cm³/mol. The number of Topliss-reactive ketones (excluding diaryl/α,β-unsaturated/α-hetero) is 4. The van der Waals surface area contributed by atoms with Crippen molar-refractivity contribution in [2.24, 2.45) is 0 Å². The maximum Gasteiger partial charge on any atom is 0.197 e. The van der Waals surface area contributed by atoms with Crippen molar-refractivity contribution in [2.75, 3.05) is 10.6 Å². The molecular weight excluding hydrogens is 841 g/mol. The normalized spacial score (nSPS) is 20.7. The second-order valence-electron chi connectivity index (χ2n) is 15.4. The molecule has 1 spiro atoms. The molecule has 3 aliphatic carbocycles. The Morgan fingerprint density at radius 3 is 1.42 bits per heavy atom. The SMILES string of the molecule is O=C1C(=CC2Nc3sc4c(c3S2)OC2(CCCCC2)c2c-4sc3c2SC(C=C2C(=O)c4cc5cc(F)c(F)cc5cc4C2=O)N3)C(=O)c2cc3cc(F)c(F)cc3cc21. The fourth-order valence-electron chi connectivity index (χ4n) is 9.22. The van der Waals surface area contributed by atoms with Crippen LogP contribution in [0.3, 0.4) is 0 Å². The van der Waals surface area contributed by atoms with Crippen molar-refractivity contribution in [1.82, 2.24) is 0 Å². The molecule has 59 heavy (non-hydrogen) atoms. The summed E-state index contributed by atoms with van der Waals surface area (Å²) in [7, 11) is 0. The molecule has 1 saturated carbocycles. The van der Waals surface area contributed by atoms with Crippen molar-refractivity contribution in [2.45, 2.75) is 58.2 Å². The molecular formula is C44H24F4N2O5S4. The van der Waals surface area contributed by atoms with Crippen LogP contribution in [0.4, 0.5) is 27.6 Å². The van der Waals surface area contributed by atoms with Crippen LogP contribution in [0, 0.1) is 23.3 Å². The van der Waals surface area contributed by atoms with Crippen LogP contribution in [-0.2, 0) is 5.60 Å². The molecule has 2 aromatic heterocycles. The first kappa shape index (κ1) is 35.7. The first-order chi connectivity index (χ1) is 28.4. The number of ether oxygens (including phenoxy) is 1. The van der Waals surface area contributed by atoms with Gasteiger partial charge >= 0.3 is 0 Å². The molecule has 15 heteroatoms. The quantitative estimate of drug-likeness (QED) is 0.100. The summed E-state index contributed by atoms with van der Waals surface area (Å²) >= 11 is 6.17. The van der Waals surface area contributed by atoms with Gasteiger partial charge in [0, 0.05) is 27.8 Å². The Morgan fingerprint density at radius 1 is 0.559 bits per heavy atom. The van der Waals surface area contributed by atoms with Crippen molar-refractivity contribution in [1.29, 1.82) is 0 Å².